The highest BCUT2D eigenvalue weighted by molar-refractivity contribution is 9.10. The predicted molar refractivity (Wildman–Crippen MR) is 91.2 cm³/mol. The van der Waals surface area contributed by atoms with Crippen LogP contribution < -0.4 is 10.7 Å². The van der Waals surface area contributed by atoms with Gasteiger partial charge in [-0.2, -0.15) is 5.10 Å². The van der Waals surface area contributed by atoms with Crippen LogP contribution in [0.2, 0.25) is 0 Å². The molecule has 3 N–H and O–H groups in total. The SMILES string of the molecule is Cc1ccccc1NCC(=O)NN=Cc1cc(Br)ccc1O. The van der Waals surface area contributed by atoms with Crippen LogP contribution in [0, 0.1) is 6.92 Å². The number of para-hydroxylation sites is 1. The summed E-state index contributed by atoms with van der Waals surface area (Å²) in [5.74, 6) is -0.173. The van der Waals surface area contributed by atoms with Gasteiger partial charge in [-0.05, 0) is 36.8 Å². The molecule has 0 fully saturated rings. The summed E-state index contributed by atoms with van der Waals surface area (Å²) in [6, 6.07) is 12.7. The quantitative estimate of drug-likeness (QED) is 0.566. The average Bonchev–Trinajstić information content (AvgIpc) is 2.50. The van der Waals surface area contributed by atoms with Crippen molar-refractivity contribution in [3.8, 4) is 5.75 Å². The fourth-order valence-corrected chi connectivity index (χ4v) is 2.17. The largest absolute Gasteiger partial charge is 0.507 e. The van der Waals surface area contributed by atoms with Crippen LogP contribution in [0.15, 0.2) is 52.0 Å². The number of rotatable bonds is 5. The van der Waals surface area contributed by atoms with Crippen LogP contribution in [0.25, 0.3) is 0 Å². The van der Waals surface area contributed by atoms with Gasteiger partial charge in [0.1, 0.15) is 5.75 Å². The first kappa shape index (κ1) is 16.0. The number of hydrazone groups is 1. The van der Waals surface area contributed by atoms with E-state index in [0.29, 0.717) is 5.56 Å². The average molecular weight is 362 g/mol. The lowest BCUT2D eigenvalue weighted by Crippen LogP contribution is -2.26. The summed E-state index contributed by atoms with van der Waals surface area (Å²) in [4.78, 5) is 11.7. The van der Waals surface area contributed by atoms with E-state index < -0.39 is 0 Å². The fraction of sp³-hybridized carbons (Fsp3) is 0.125. The summed E-state index contributed by atoms with van der Waals surface area (Å²) < 4.78 is 0.819. The minimum Gasteiger partial charge on any atom is -0.507 e. The van der Waals surface area contributed by atoms with E-state index in [0.717, 1.165) is 15.7 Å². The molecule has 0 aromatic heterocycles. The van der Waals surface area contributed by atoms with E-state index in [2.05, 4.69) is 31.8 Å². The van der Waals surface area contributed by atoms with E-state index in [1.54, 1.807) is 18.2 Å². The Labute approximate surface area is 137 Å². The number of hydrogen-bond acceptors (Lipinski definition) is 4. The van der Waals surface area contributed by atoms with Gasteiger partial charge in [0, 0.05) is 15.7 Å². The van der Waals surface area contributed by atoms with Crippen molar-refractivity contribution >= 4 is 33.7 Å². The zero-order valence-corrected chi connectivity index (χ0v) is 13.6. The number of phenolic OH excluding ortho intramolecular Hbond substituents is 1. The van der Waals surface area contributed by atoms with E-state index in [9.17, 15) is 9.90 Å². The van der Waals surface area contributed by atoms with Crippen molar-refractivity contribution in [2.45, 2.75) is 6.92 Å². The molecule has 5 nitrogen and oxygen atoms in total. The minimum atomic E-state index is -0.269. The molecule has 0 aliphatic carbocycles. The van der Waals surface area contributed by atoms with Gasteiger partial charge in [0.05, 0.1) is 12.8 Å². The van der Waals surface area contributed by atoms with Gasteiger partial charge in [-0.25, -0.2) is 5.43 Å². The molecule has 0 radical (unpaired) electrons. The molecule has 0 spiro atoms. The number of halogens is 1. The summed E-state index contributed by atoms with van der Waals surface area (Å²) in [5, 5.41) is 16.5. The molecule has 0 unspecified atom stereocenters. The zero-order valence-electron chi connectivity index (χ0n) is 12.0. The molecular weight excluding hydrogens is 346 g/mol. The molecule has 2 aromatic rings. The van der Waals surface area contributed by atoms with Crippen LogP contribution in [0.1, 0.15) is 11.1 Å². The molecule has 0 aliphatic rings. The highest BCUT2D eigenvalue weighted by Crippen LogP contribution is 2.19. The Kier molecular flexibility index (Phi) is 5.55. The summed E-state index contributed by atoms with van der Waals surface area (Å²) in [6.45, 7) is 2.08. The summed E-state index contributed by atoms with van der Waals surface area (Å²) in [7, 11) is 0. The van der Waals surface area contributed by atoms with Crippen LogP contribution >= 0.6 is 15.9 Å². The molecule has 6 heteroatoms. The number of nitrogens with one attached hydrogen (secondary N) is 2. The molecule has 0 bridgehead atoms. The van der Waals surface area contributed by atoms with Crippen LogP contribution in [-0.4, -0.2) is 23.8 Å². The molecular formula is C16H16BrN3O2. The number of amides is 1. The molecule has 0 atom stereocenters. The maximum atomic E-state index is 11.7. The van der Waals surface area contributed by atoms with E-state index >= 15 is 0 Å². The second-order valence-corrected chi connectivity index (χ2v) is 5.58. The Morgan fingerprint density at radius 3 is 2.86 bits per heavy atom. The molecule has 2 rings (SSSR count). The van der Waals surface area contributed by atoms with Crippen LogP contribution in [0.5, 0.6) is 5.75 Å². The molecule has 22 heavy (non-hydrogen) atoms. The van der Waals surface area contributed by atoms with E-state index in [1.807, 2.05) is 31.2 Å². The van der Waals surface area contributed by atoms with Gasteiger partial charge in [0.25, 0.3) is 5.91 Å². The van der Waals surface area contributed by atoms with Crippen LogP contribution in [-0.2, 0) is 4.79 Å². The van der Waals surface area contributed by atoms with Crippen LogP contribution in [0.3, 0.4) is 0 Å². The highest BCUT2D eigenvalue weighted by Gasteiger charge is 2.02. The van der Waals surface area contributed by atoms with Crippen molar-refractivity contribution in [2.24, 2.45) is 5.10 Å². The summed E-state index contributed by atoms with van der Waals surface area (Å²) in [5.41, 5.74) is 4.90. The minimum absolute atomic E-state index is 0.0965. The van der Waals surface area contributed by atoms with E-state index in [4.69, 9.17) is 0 Å². The Hall–Kier alpha value is -2.34. The maximum Gasteiger partial charge on any atom is 0.259 e. The third kappa shape index (κ3) is 4.60. The second kappa shape index (κ2) is 7.61. The van der Waals surface area contributed by atoms with Crippen molar-refractivity contribution < 1.29 is 9.90 Å². The molecule has 0 heterocycles. The van der Waals surface area contributed by atoms with Crippen molar-refractivity contribution in [3.05, 3.63) is 58.1 Å². The number of aryl methyl sites for hydroxylation is 1. The number of anilines is 1. The van der Waals surface area contributed by atoms with Crippen molar-refractivity contribution in [1.29, 1.82) is 0 Å². The van der Waals surface area contributed by atoms with Gasteiger partial charge in [-0.1, -0.05) is 34.1 Å². The van der Waals surface area contributed by atoms with E-state index in [1.165, 1.54) is 6.21 Å². The van der Waals surface area contributed by atoms with Gasteiger partial charge in [0.15, 0.2) is 0 Å². The highest BCUT2D eigenvalue weighted by atomic mass is 79.9. The molecule has 0 saturated carbocycles. The van der Waals surface area contributed by atoms with Crippen LogP contribution in [0.4, 0.5) is 5.69 Å². The number of phenols is 1. The van der Waals surface area contributed by atoms with Crippen molar-refractivity contribution in [2.75, 3.05) is 11.9 Å². The number of carbonyl (C=O) groups excluding carboxylic acids is 1. The fourth-order valence-electron chi connectivity index (χ4n) is 1.79. The first-order valence-electron chi connectivity index (χ1n) is 6.66. The standard InChI is InChI=1S/C16H16BrN3O2/c1-11-4-2-3-5-14(11)18-10-16(22)20-19-9-12-8-13(17)6-7-15(12)21/h2-9,18,21H,10H2,1H3,(H,20,22). The summed E-state index contributed by atoms with van der Waals surface area (Å²) >= 11 is 3.30. The third-order valence-electron chi connectivity index (χ3n) is 2.97. The molecule has 0 aliphatic heterocycles. The smallest absolute Gasteiger partial charge is 0.259 e. The topological polar surface area (TPSA) is 73.7 Å². The van der Waals surface area contributed by atoms with Gasteiger partial charge in [-0.15, -0.1) is 0 Å². The number of carbonyl (C=O) groups is 1. The molecule has 114 valence electrons. The van der Waals surface area contributed by atoms with Gasteiger partial charge < -0.3 is 10.4 Å². The van der Waals surface area contributed by atoms with Crippen molar-refractivity contribution in [3.63, 3.8) is 0 Å². The Bertz CT molecular complexity index is 702. The Morgan fingerprint density at radius 1 is 1.32 bits per heavy atom. The normalized spacial score (nSPS) is 10.6. The molecule has 2 aromatic carbocycles. The van der Waals surface area contributed by atoms with Gasteiger partial charge in [-0.3, -0.25) is 4.79 Å². The lowest BCUT2D eigenvalue weighted by Gasteiger charge is -2.07. The Morgan fingerprint density at radius 2 is 2.09 bits per heavy atom. The van der Waals surface area contributed by atoms with E-state index in [-0.39, 0.29) is 18.2 Å². The Balaban J connectivity index is 1.86. The van der Waals surface area contributed by atoms with Crippen molar-refractivity contribution in [1.82, 2.24) is 5.43 Å². The first-order valence-corrected chi connectivity index (χ1v) is 7.45. The monoisotopic (exact) mass is 361 g/mol. The first-order chi connectivity index (χ1) is 10.6. The maximum absolute atomic E-state index is 11.7. The van der Waals surface area contributed by atoms with Gasteiger partial charge in [0.2, 0.25) is 0 Å². The zero-order chi connectivity index (χ0) is 15.9. The third-order valence-corrected chi connectivity index (χ3v) is 3.46. The second-order valence-electron chi connectivity index (χ2n) is 4.66. The van der Waals surface area contributed by atoms with Gasteiger partial charge >= 0.3 is 0 Å². The number of benzene rings is 2. The summed E-state index contributed by atoms with van der Waals surface area (Å²) in [6.07, 6.45) is 1.39. The molecule has 0 saturated heterocycles. The number of hydrogen-bond donors (Lipinski definition) is 3. The number of nitrogens with zero attached hydrogens (tertiary/aromatic N) is 1. The lowest BCUT2D eigenvalue weighted by molar-refractivity contribution is -0.119. The number of aromatic hydroxyl groups is 1. The lowest BCUT2D eigenvalue weighted by atomic mass is 10.2. The predicted octanol–water partition coefficient (Wildman–Crippen LogP) is 3.03. The molecule has 1 amide bonds.